The minimum absolute atomic E-state index is 0.431. The number of hydrogen-bond acceptors (Lipinski definition) is 3. The van der Waals surface area contributed by atoms with Crippen molar-refractivity contribution in [1.29, 1.82) is 0 Å². The summed E-state index contributed by atoms with van der Waals surface area (Å²) in [5, 5.41) is 2.02. The van der Waals surface area contributed by atoms with Crippen molar-refractivity contribution in [2.45, 2.75) is 4.90 Å². The molecule has 0 aliphatic heterocycles. The Hall–Kier alpha value is -2.05. The van der Waals surface area contributed by atoms with Gasteiger partial charge in [-0.25, -0.2) is 4.99 Å². The Balaban J connectivity index is 2.00. The second-order valence-electron chi connectivity index (χ2n) is 5.22. The van der Waals surface area contributed by atoms with Crippen molar-refractivity contribution in [3.63, 3.8) is 0 Å². The Morgan fingerprint density at radius 2 is 2.04 bits per heavy atom. The molecule has 2 N–H and O–H groups in total. The number of nitrogens with zero attached hydrogens (tertiary/aromatic N) is 3. The Kier molecular flexibility index (Phi) is 5.06. The molecule has 122 valence electrons. The smallest absolute Gasteiger partial charge is 0.200 e. The molecule has 0 fully saturated rings. The maximum Gasteiger partial charge on any atom is 0.200 e. The van der Waals surface area contributed by atoms with E-state index >= 15 is 0 Å². The molecule has 0 radical (unpaired) electrons. The summed E-state index contributed by atoms with van der Waals surface area (Å²) in [4.78, 5) is 11.9. The number of rotatable bonds is 3. The number of nitrogens with two attached hydrogens (primary N) is 1. The average molecular weight is 401 g/mol. The van der Waals surface area contributed by atoms with Crippen molar-refractivity contribution < 1.29 is 0 Å². The van der Waals surface area contributed by atoms with Crippen LogP contribution in [0.5, 0.6) is 0 Å². The molecule has 0 atom stereocenters. The first-order chi connectivity index (χ1) is 11.6. The van der Waals surface area contributed by atoms with Gasteiger partial charge in [-0.15, -0.1) is 11.8 Å². The van der Waals surface area contributed by atoms with Crippen molar-refractivity contribution in [2.75, 3.05) is 18.2 Å². The standard InChI is InChI=1S/C18H17BrN4S/c1-23(12-4-3-5-13(10-12)24-2)18(20)22-17-7-6-16(19)14-8-9-21-11-15(14)17/h3-11H,1-2H3,(H2,20,22). The van der Waals surface area contributed by atoms with Crippen LogP contribution in [0.4, 0.5) is 11.4 Å². The monoisotopic (exact) mass is 400 g/mol. The predicted octanol–water partition coefficient (Wildman–Crippen LogP) is 4.80. The van der Waals surface area contributed by atoms with E-state index in [1.165, 1.54) is 4.90 Å². The maximum absolute atomic E-state index is 6.24. The van der Waals surface area contributed by atoms with E-state index in [0.717, 1.165) is 26.6 Å². The molecule has 0 unspecified atom stereocenters. The largest absolute Gasteiger partial charge is 0.369 e. The summed E-state index contributed by atoms with van der Waals surface area (Å²) >= 11 is 5.26. The topological polar surface area (TPSA) is 54.5 Å². The van der Waals surface area contributed by atoms with E-state index in [9.17, 15) is 0 Å². The zero-order valence-corrected chi connectivity index (χ0v) is 15.8. The van der Waals surface area contributed by atoms with Gasteiger partial charge in [-0.1, -0.05) is 22.0 Å². The molecule has 24 heavy (non-hydrogen) atoms. The number of pyridine rings is 1. The first-order valence-corrected chi connectivity index (χ1v) is 9.36. The molecule has 0 aliphatic carbocycles. The second kappa shape index (κ2) is 7.23. The molecule has 3 aromatic rings. The van der Waals surface area contributed by atoms with Crippen LogP contribution < -0.4 is 10.6 Å². The molecular weight excluding hydrogens is 384 g/mol. The number of hydrogen-bond donors (Lipinski definition) is 1. The summed E-state index contributed by atoms with van der Waals surface area (Å²) < 4.78 is 1.01. The summed E-state index contributed by atoms with van der Waals surface area (Å²) in [6, 6.07) is 14.1. The van der Waals surface area contributed by atoms with Gasteiger partial charge >= 0.3 is 0 Å². The number of fused-ring (bicyclic) bond motifs is 1. The highest BCUT2D eigenvalue weighted by molar-refractivity contribution is 9.10. The van der Waals surface area contributed by atoms with Crippen LogP contribution in [0.3, 0.4) is 0 Å². The van der Waals surface area contributed by atoms with Crippen molar-refractivity contribution >= 4 is 55.8 Å². The van der Waals surface area contributed by atoms with Crippen LogP contribution in [0.15, 0.2) is 69.2 Å². The molecule has 0 amide bonds. The third-order valence-corrected chi connectivity index (χ3v) is 5.18. The molecule has 4 nitrogen and oxygen atoms in total. The van der Waals surface area contributed by atoms with E-state index in [-0.39, 0.29) is 0 Å². The Labute approximate surface area is 153 Å². The molecule has 6 heteroatoms. The summed E-state index contributed by atoms with van der Waals surface area (Å²) in [7, 11) is 1.91. The maximum atomic E-state index is 6.24. The number of aromatic nitrogens is 1. The van der Waals surface area contributed by atoms with Gasteiger partial charge in [0, 0.05) is 45.3 Å². The number of halogens is 1. The first-order valence-electron chi connectivity index (χ1n) is 7.34. The van der Waals surface area contributed by atoms with Crippen LogP contribution >= 0.6 is 27.7 Å². The van der Waals surface area contributed by atoms with Crippen LogP contribution in [-0.4, -0.2) is 24.2 Å². The van der Waals surface area contributed by atoms with Gasteiger partial charge in [-0.05, 0) is 42.7 Å². The van der Waals surface area contributed by atoms with Crippen LogP contribution in [0.2, 0.25) is 0 Å². The quantitative estimate of drug-likeness (QED) is 0.389. The Morgan fingerprint density at radius 3 is 2.83 bits per heavy atom. The summed E-state index contributed by atoms with van der Waals surface area (Å²) in [6.45, 7) is 0. The summed E-state index contributed by atoms with van der Waals surface area (Å²) in [5.74, 6) is 0.431. The highest BCUT2D eigenvalue weighted by Crippen LogP contribution is 2.31. The van der Waals surface area contributed by atoms with Crippen molar-refractivity contribution in [2.24, 2.45) is 10.7 Å². The van der Waals surface area contributed by atoms with E-state index in [1.807, 2.05) is 42.3 Å². The van der Waals surface area contributed by atoms with Gasteiger partial charge in [0.25, 0.3) is 0 Å². The van der Waals surface area contributed by atoms with Crippen molar-refractivity contribution in [3.8, 4) is 0 Å². The fourth-order valence-corrected chi connectivity index (χ4v) is 3.32. The SMILES string of the molecule is CSc1cccc(N(C)C(N)=Nc2ccc(Br)c3ccncc23)c1. The van der Waals surface area contributed by atoms with Gasteiger partial charge < -0.3 is 10.6 Å². The number of aliphatic imine (C=N–C) groups is 1. The molecular formula is C18H17BrN4S. The molecule has 1 heterocycles. The van der Waals surface area contributed by atoms with Crippen LogP contribution in [0.25, 0.3) is 10.8 Å². The molecule has 0 saturated carbocycles. The third kappa shape index (κ3) is 3.39. The van der Waals surface area contributed by atoms with Gasteiger partial charge in [-0.3, -0.25) is 4.98 Å². The van der Waals surface area contributed by atoms with E-state index in [2.05, 4.69) is 44.3 Å². The van der Waals surface area contributed by atoms with E-state index in [4.69, 9.17) is 5.73 Å². The molecule has 3 rings (SSSR count). The van der Waals surface area contributed by atoms with Gasteiger partial charge in [0.1, 0.15) is 0 Å². The normalized spacial score (nSPS) is 11.7. The van der Waals surface area contributed by atoms with Gasteiger partial charge in [0.2, 0.25) is 5.96 Å². The lowest BCUT2D eigenvalue weighted by atomic mass is 10.1. The second-order valence-corrected chi connectivity index (χ2v) is 6.95. The van der Waals surface area contributed by atoms with Gasteiger partial charge in [0.05, 0.1) is 5.69 Å². The zero-order chi connectivity index (χ0) is 17.1. The average Bonchev–Trinajstić information content (AvgIpc) is 2.63. The first kappa shape index (κ1) is 16.8. The molecule has 0 spiro atoms. The molecule has 0 bridgehead atoms. The highest BCUT2D eigenvalue weighted by atomic mass is 79.9. The molecule has 0 aliphatic rings. The lowest BCUT2D eigenvalue weighted by molar-refractivity contribution is 1.21. The minimum atomic E-state index is 0.431. The van der Waals surface area contributed by atoms with E-state index < -0.39 is 0 Å². The van der Waals surface area contributed by atoms with Gasteiger partial charge in [-0.2, -0.15) is 0 Å². The fourth-order valence-electron chi connectivity index (χ4n) is 2.39. The Morgan fingerprint density at radius 1 is 1.21 bits per heavy atom. The van der Waals surface area contributed by atoms with E-state index in [1.54, 1.807) is 24.2 Å². The number of anilines is 1. The molecule has 2 aromatic carbocycles. The number of thioether (sulfide) groups is 1. The highest BCUT2D eigenvalue weighted by Gasteiger charge is 2.09. The van der Waals surface area contributed by atoms with E-state index in [0.29, 0.717) is 5.96 Å². The fraction of sp³-hybridized carbons (Fsp3) is 0.111. The van der Waals surface area contributed by atoms with Crippen molar-refractivity contribution in [1.82, 2.24) is 4.98 Å². The van der Waals surface area contributed by atoms with Crippen LogP contribution in [0, 0.1) is 0 Å². The van der Waals surface area contributed by atoms with Crippen molar-refractivity contribution in [3.05, 3.63) is 59.3 Å². The summed E-state index contributed by atoms with van der Waals surface area (Å²) in [6.07, 6.45) is 5.63. The molecule has 0 saturated heterocycles. The number of guanidine groups is 1. The van der Waals surface area contributed by atoms with Crippen LogP contribution in [0.1, 0.15) is 0 Å². The Bertz CT molecular complexity index is 910. The predicted molar refractivity (Wildman–Crippen MR) is 107 cm³/mol. The third-order valence-electron chi connectivity index (χ3n) is 3.76. The zero-order valence-electron chi connectivity index (χ0n) is 13.4. The lowest BCUT2D eigenvalue weighted by Gasteiger charge is -2.19. The van der Waals surface area contributed by atoms with Gasteiger partial charge in [0.15, 0.2) is 0 Å². The minimum Gasteiger partial charge on any atom is -0.369 e. The molecule has 1 aromatic heterocycles. The lowest BCUT2D eigenvalue weighted by Crippen LogP contribution is -2.33. The number of benzene rings is 2. The summed E-state index contributed by atoms with van der Waals surface area (Å²) in [5.41, 5.74) is 8.04. The van der Waals surface area contributed by atoms with Crippen LogP contribution in [-0.2, 0) is 0 Å².